The van der Waals surface area contributed by atoms with Gasteiger partial charge in [0.2, 0.25) is 11.6 Å². The standard InChI is InChI=1S/C23H24N4O5/c1-14(21(28)16-6-7-20(31-3)25-11-16)32-19-10-15(9-18(30-2)22(19)29)12-27-13-26-17-5-4-8-24-23(17)27/h4-11,13-14,21,28-29H,12H2,1-3H3. The van der Waals surface area contributed by atoms with E-state index in [9.17, 15) is 10.2 Å². The first-order valence-corrected chi connectivity index (χ1v) is 10.0. The molecule has 0 spiro atoms. The number of rotatable bonds is 8. The van der Waals surface area contributed by atoms with Crippen LogP contribution in [-0.2, 0) is 6.54 Å². The fourth-order valence-electron chi connectivity index (χ4n) is 3.41. The van der Waals surface area contributed by atoms with E-state index in [1.54, 1.807) is 43.7 Å². The number of ether oxygens (including phenoxy) is 3. The maximum atomic E-state index is 10.7. The number of benzene rings is 1. The quantitative estimate of drug-likeness (QED) is 0.433. The first-order chi connectivity index (χ1) is 15.5. The van der Waals surface area contributed by atoms with Crippen molar-refractivity contribution in [1.29, 1.82) is 0 Å². The second-order valence-electron chi connectivity index (χ2n) is 7.27. The molecule has 3 heterocycles. The predicted octanol–water partition coefficient (Wildman–Crippen LogP) is 3.10. The molecule has 0 amide bonds. The number of aromatic nitrogens is 4. The summed E-state index contributed by atoms with van der Waals surface area (Å²) in [5.41, 5.74) is 2.92. The van der Waals surface area contributed by atoms with Gasteiger partial charge in [0, 0.05) is 24.0 Å². The molecule has 0 fully saturated rings. The van der Waals surface area contributed by atoms with Gasteiger partial charge in [-0.25, -0.2) is 15.0 Å². The van der Waals surface area contributed by atoms with E-state index in [1.165, 1.54) is 20.4 Å². The molecule has 0 radical (unpaired) electrons. The van der Waals surface area contributed by atoms with Crippen LogP contribution in [0.5, 0.6) is 23.1 Å². The highest BCUT2D eigenvalue weighted by Crippen LogP contribution is 2.39. The van der Waals surface area contributed by atoms with Gasteiger partial charge in [0.05, 0.1) is 27.1 Å². The van der Waals surface area contributed by atoms with Crippen LogP contribution in [0.2, 0.25) is 0 Å². The SMILES string of the molecule is COc1ccc(C(O)C(C)Oc2cc(Cn3cnc4cccnc43)cc(OC)c2O)cn1. The second-order valence-corrected chi connectivity index (χ2v) is 7.27. The highest BCUT2D eigenvalue weighted by molar-refractivity contribution is 5.70. The summed E-state index contributed by atoms with van der Waals surface area (Å²) in [6.07, 6.45) is 3.30. The van der Waals surface area contributed by atoms with Crippen molar-refractivity contribution in [2.24, 2.45) is 0 Å². The van der Waals surface area contributed by atoms with Crippen molar-refractivity contribution in [2.75, 3.05) is 14.2 Å². The van der Waals surface area contributed by atoms with Crippen LogP contribution in [0.4, 0.5) is 0 Å². The van der Waals surface area contributed by atoms with Crippen LogP contribution in [-0.4, -0.2) is 50.1 Å². The largest absolute Gasteiger partial charge is 0.502 e. The molecule has 0 saturated carbocycles. The minimum absolute atomic E-state index is 0.142. The summed E-state index contributed by atoms with van der Waals surface area (Å²) in [7, 11) is 2.99. The summed E-state index contributed by atoms with van der Waals surface area (Å²) in [5, 5.41) is 21.3. The number of aromatic hydroxyl groups is 1. The Kier molecular flexibility index (Phi) is 6.09. The van der Waals surface area contributed by atoms with Gasteiger partial charge in [-0.3, -0.25) is 0 Å². The van der Waals surface area contributed by atoms with Crippen molar-refractivity contribution in [3.05, 3.63) is 66.2 Å². The Labute approximate surface area is 184 Å². The fraction of sp³-hybridized carbons (Fsp3) is 0.261. The normalized spacial score (nSPS) is 13.0. The van der Waals surface area contributed by atoms with Crippen molar-refractivity contribution in [2.45, 2.75) is 25.7 Å². The van der Waals surface area contributed by atoms with Crippen LogP contribution >= 0.6 is 0 Å². The van der Waals surface area contributed by atoms with Gasteiger partial charge >= 0.3 is 0 Å². The topological polar surface area (TPSA) is 112 Å². The van der Waals surface area contributed by atoms with E-state index < -0.39 is 12.2 Å². The van der Waals surface area contributed by atoms with Crippen LogP contribution in [0.25, 0.3) is 11.2 Å². The number of hydrogen-bond acceptors (Lipinski definition) is 8. The predicted molar refractivity (Wildman–Crippen MR) is 117 cm³/mol. The van der Waals surface area contributed by atoms with Crippen LogP contribution in [0, 0.1) is 0 Å². The Balaban J connectivity index is 1.58. The van der Waals surface area contributed by atoms with Gasteiger partial charge in [-0.2, -0.15) is 0 Å². The van der Waals surface area contributed by atoms with E-state index in [4.69, 9.17) is 14.2 Å². The van der Waals surface area contributed by atoms with Crippen molar-refractivity contribution in [3.8, 4) is 23.1 Å². The van der Waals surface area contributed by atoms with Crippen LogP contribution in [0.3, 0.4) is 0 Å². The average Bonchev–Trinajstić information content (AvgIpc) is 3.23. The number of aliphatic hydroxyl groups excluding tert-OH is 1. The summed E-state index contributed by atoms with van der Waals surface area (Å²) in [6.45, 7) is 2.15. The number of fused-ring (bicyclic) bond motifs is 1. The molecule has 9 heteroatoms. The van der Waals surface area contributed by atoms with Crippen LogP contribution < -0.4 is 14.2 Å². The molecule has 32 heavy (non-hydrogen) atoms. The van der Waals surface area contributed by atoms with Gasteiger partial charge in [0.1, 0.15) is 17.7 Å². The molecule has 2 unspecified atom stereocenters. The van der Waals surface area contributed by atoms with Gasteiger partial charge in [-0.1, -0.05) is 0 Å². The molecule has 0 aliphatic heterocycles. The third kappa shape index (κ3) is 4.28. The third-order valence-corrected chi connectivity index (χ3v) is 5.11. The zero-order chi connectivity index (χ0) is 22.7. The van der Waals surface area contributed by atoms with Crippen molar-refractivity contribution < 1.29 is 24.4 Å². The molecule has 2 N–H and O–H groups in total. The lowest BCUT2D eigenvalue weighted by Crippen LogP contribution is -2.22. The molecule has 4 rings (SSSR count). The Bertz CT molecular complexity index is 1210. The van der Waals surface area contributed by atoms with E-state index in [-0.39, 0.29) is 17.2 Å². The molecular weight excluding hydrogens is 412 g/mol. The van der Waals surface area contributed by atoms with E-state index in [0.29, 0.717) is 18.0 Å². The first kappa shape index (κ1) is 21.4. The maximum Gasteiger partial charge on any atom is 0.212 e. The van der Waals surface area contributed by atoms with Gasteiger partial charge in [-0.05, 0) is 42.8 Å². The van der Waals surface area contributed by atoms with Gasteiger partial charge in [-0.15, -0.1) is 0 Å². The molecule has 0 bridgehead atoms. The molecule has 0 aliphatic carbocycles. The average molecular weight is 436 g/mol. The zero-order valence-corrected chi connectivity index (χ0v) is 18.0. The van der Waals surface area contributed by atoms with E-state index in [1.807, 2.05) is 16.7 Å². The lowest BCUT2D eigenvalue weighted by molar-refractivity contribution is 0.0446. The minimum atomic E-state index is -0.968. The lowest BCUT2D eigenvalue weighted by Gasteiger charge is -2.22. The molecule has 2 atom stereocenters. The summed E-state index contributed by atoms with van der Waals surface area (Å²) in [5.74, 6) is 0.773. The highest BCUT2D eigenvalue weighted by Gasteiger charge is 2.22. The van der Waals surface area contributed by atoms with Crippen molar-refractivity contribution in [1.82, 2.24) is 19.5 Å². The van der Waals surface area contributed by atoms with Crippen LogP contribution in [0.1, 0.15) is 24.2 Å². The monoisotopic (exact) mass is 436 g/mol. The molecule has 3 aromatic heterocycles. The van der Waals surface area contributed by atoms with Crippen LogP contribution in [0.15, 0.2) is 55.1 Å². The summed E-state index contributed by atoms with van der Waals surface area (Å²) < 4.78 is 18.2. The number of aliphatic hydroxyl groups is 1. The molecule has 166 valence electrons. The van der Waals surface area contributed by atoms with Crippen molar-refractivity contribution >= 4 is 11.2 Å². The summed E-state index contributed by atoms with van der Waals surface area (Å²) >= 11 is 0. The van der Waals surface area contributed by atoms with E-state index in [2.05, 4.69) is 15.0 Å². The number of phenolic OH excluding ortho intramolecular Hbond substituents is 1. The Hall–Kier alpha value is -3.85. The molecule has 1 aromatic carbocycles. The maximum absolute atomic E-state index is 10.7. The molecule has 0 saturated heterocycles. The summed E-state index contributed by atoms with van der Waals surface area (Å²) in [6, 6.07) is 10.5. The number of nitrogens with zero attached hydrogens (tertiary/aromatic N) is 4. The van der Waals surface area contributed by atoms with E-state index >= 15 is 0 Å². The number of methoxy groups -OCH3 is 2. The van der Waals surface area contributed by atoms with E-state index in [0.717, 1.165) is 16.7 Å². The van der Waals surface area contributed by atoms with Crippen molar-refractivity contribution in [3.63, 3.8) is 0 Å². The number of hydrogen-bond donors (Lipinski definition) is 2. The number of phenols is 1. The van der Waals surface area contributed by atoms with Gasteiger partial charge < -0.3 is 29.0 Å². The number of imidazole rings is 1. The highest BCUT2D eigenvalue weighted by atomic mass is 16.5. The van der Waals surface area contributed by atoms with Gasteiger partial charge in [0.15, 0.2) is 17.1 Å². The molecular formula is C23H24N4O5. The molecule has 9 nitrogen and oxygen atoms in total. The lowest BCUT2D eigenvalue weighted by atomic mass is 10.1. The minimum Gasteiger partial charge on any atom is -0.502 e. The Morgan fingerprint density at radius 1 is 1.03 bits per heavy atom. The fourth-order valence-corrected chi connectivity index (χ4v) is 3.41. The molecule has 4 aromatic rings. The third-order valence-electron chi connectivity index (χ3n) is 5.11. The van der Waals surface area contributed by atoms with Gasteiger partial charge in [0.25, 0.3) is 0 Å². The summed E-state index contributed by atoms with van der Waals surface area (Å²) in [4.78, 5) is 12.8. The zero-order valence-electron chi connectivity index (χ0n) is 18.0. The smallest absolute Gasteiger partial charge is 0.212 e. The Morgan fingerprint density at radius 3 is 2.56 bits per heavy atom. The Morgan fingerprint density at radius 2 is 1.84 bits per heavy atom. The molecule has 0 aliphatic rings. The second kappa shape index (κ2) is 9.11. The first-order valence-electron chi connectivity index (χ1n) is 10.0. The number of pyridine rings is 2.